The predicted molar refractivity (Wildman–Crippen MR) is 59.6 cm³/mol. The summed E-state index contributed by atoms with van der Waals surface area (Å²) in [6.07, 6.45) is 4.84. The lowest BCUT2D eigenvalue weighted by atomic mass is 9.99. The van der Waals surface area contributed by atoms with Crippen molar-refractivity contribution in [3.63, 3.8) is 0 Å². The number of benzene rings is 1. The van der Waals surface area contributed by atoms with Gasteiger partial charge in [0, 0.05) is 0 Å². The molecule has 1 aromatic carbocycles. The first kappa shape index (κ1) is 9.32. The quantitative estimate of drug-likeness (QED) is 0.613. The number of hydrogen-bond acceptors (Lipinski definition) is 1. The zero-order valence-electron chi connectivity index (χ0n) is 8.68. The first-order chi connectivity index (χ1) is 6.81. The Morgan fingerprint density at radius 3 is 2.79 bits per heavy atom. The van der Waals surface area contributed by atoms with E-state index in [1.54, 1.807) is 7.11 Å². The molecule has 0 fully saturated rings. The molecule has 0 amide bonds. The second-order valence-electron chi connectivity index (χ2n) is 3.83. The van der Waals surface area contributed by atoms with Gasteiger partial charge in [-0.1, -0.05) is 12.6 Å². The molecule has 0 saturated heterocycles. The van der Waals surface area contributed by atoms with Crippen LogP contribution in [0.5, 0.6) is 5.75 Å². The fourth-order valence-corrected chi connectivity index (χ4v) is 2.02. The molecule has 1 aliphatic carbocycles. The zero-order valence-corrected chi connectivity index (χ0v) is 8.68. The monoisotopic (exact) mass is 188 g/mol. The summed E-state index contributed by atoms with van der Waals surface area (Å²) in [4.78, 5) is 0. The summed E-state index contributed by atoms with van der Waals surface area (Å²) in [7, 11) is 1.71. The maximum absolute atomic E-state index is 5.23. The van der Waals surface area contributed by atoms with Crippen LogP contribution in [0.2, 0.25) is 0 Å². The average molecular weight is 188 g/mol. The van der Waals surface area contributed by atoms with Gasteiger partial charge in [-0.3, -0.25) is 0 Å². The Morgan fingerprint density at radius 2 is 2.00 bits per heavy atom. The topological polar surface area (TPSA) is 9.23 Å². The molecule has 74 valence electrons. The summed E-state index contributed by atoms with van der Waals surface area (Å²) in [6.45, 7) is 4.14. The summed E-state index contributed by atoms with van der Waals surface area (Å²) in [5, 5.41) is 0. The minimum Gasteiger partial charge on any atom is -0.497 e. The zero-order chi connectivity index (χ0) is 9.97. The molecule has 0 unspecified atom stereocenters. The highest BCUT2D eigenvalue weighted by Crippen LogP contribution is 2.30. The molecule has 0 N–H and O–H groups in total. The smallest absolute Gasteiger partial charge is 0.119 e. The van der Waals surface area contributed by atoms with Gasteiger partial charge in [-0.2, -0.15) is 0 Å². The van der Waals surface area contributed by atoms with E-state index in [4.69, 9.17) is 4.74 Å². The van der Waals surface area contributed by atoms with Crippen molar-refractivity contribution < 1.29 is 4.74 Å². The minimum absolute atomic E-state index is 0.937. The molecule has 1 aromatic rings. The van der Waals surface area contributed by atoms with Gasteiger partial charge in [-0.25, -0.2) is 0 Å². The Kier molecular flexibility index (Phi) is 2.58. The van der Waals surface area contributed by atoms with Crippen molar-refractivity contribution in [3.8, 4) is 5.75 Å². The SMILES string of the molecule is C=C1CCCCc2ccc(OC)cc21. The Hall–Kier alpha value is -1.24. The molecule has 0 bridgehead atoms. The minimum atomic E-state index is 0.937. The number of allylic oxidation sites excluding steroid dienone is 1. The summed E-state index contributed by atoms with van der Waals surface area (Å²) in [5.41, 5.74) is 3.99. The van der Waals surface area contributed by atoms with Crippen LogP contribution in [0, 0.1) is 0 Å². The highest BCUT2D eigenvalue weighted by Gasteiger charge is 2.11. The van der Waals surface area contributed by atoms with Crippen molar-refractivity contribution in [1.82, 2.24) is 0 Å². The van der Waals surface area contributed by atoms with Gasteiger partial charge in [0.15, 0.2) is 0 Å². The molecule has 1 heteroatoms. The lowest BCUT2D eigenvalue weighted by molar-refractivity contribution is 0.414. The van der Waals surface area contributed by atoms with Crippen LogP contribution in [0.3, 0.4) is 0 Å². The van der Waals surface area contributed by atoms with Gasteiger partial charge in [0.05, 0.1) is 7.11 Å². The number of fused-ring (bicyclic) bond motifs is 1. The first-order valence-electron chi connectivity index (χ1n) is 5.16. The van der Waals surface area contributed by atoms with Gasteiger partial charge >= 0.3 is 0 Å². The number of rotatable bonds is 1. The van der Waals surface area contributed by atoms with Crippen LogP contribution in [-0.4, -0.2) is 7.11 Å². The summed E-state index contributed by atoms with van der Waals surface area (Å²) < 4.78 is 5.23. The van der Waals surface area contributed by atoms with Crippen LogP contribution in [-0.2, 0) is 6.42 Å². The molecule has 1 nitrogen and oxygen atoms in total. The Morgan fingerprint density at radius 1 is 1.21 bits per heavy atom. The van der Waals surface area contributed by atoms with Crippen LogP contribution >= 0.6 is 0 Å². The van der Waals surface area contributed by atoms with Crippen LogP contribution < -0.4 is 4.74 Å². The number of ether oxygens (including phenoxy) is 1. The molecule has 1 aliphatic rings. The molecule has 0 aromatic heterocycles. The van der Waals surface area contributed by atoms with E-state index < -0.39 is 0 Å². The standard InChI is InChI=1S/C13H16O/c1-10-5-3-4-6-11-7-8-12(14-2)9-13(10)11/h7-9H,1,3-6H2,2H3. The van der Waals surface area contributed by atoms with Crippen molar-refractivity contribution in [1.29, 1.82) is 0 Å². The number of hydrogen-bond donors (Lipinski definition) is 0. The third kappa shape index (κ3) is 1.67. The molecule has 0 radical (unpaired) electrons. The Labute approximate surface area is 85.4 Å². The lowest BCUT2D eigenvalue weighted by Crippen LogP contribution is -1.91. The van der Waals surface area contributed by atoms with E-state index in [2.05, 4.69) is 18.7 Å². The molecule has 0 saturated carbocycles. The van der Waals surface area contributed by atoms with Gasteiger partial charge in [-0.05, 0) is 54.5 Å². The fourth-order valence-electron chi connectivity index (χ4n) is 2.02. The van der Waals surface area contributed by atoms with E-state index in [0.29, 0.717) is 0 Å². The molecule has 2 rings (SSSR count). The highest BCUT2D eigenvalue weighted by atomic mass is 16.5. The van der Waals surface area contributed by atoms with Gasteiger partial charge in [0.1, 0.15) is 5.75 Å². The average Bonchev–Trinajstić information content (AvgIpc) is 2.40. The summed E-state index contributed by atoms with van der Waals surface area (Å²) in [6, 6.07) is 6.32. The van der Waals surface area contributed by atoms with Gasteiger partial charge in [-0.15, -0.1) is 0 Å². The van der Waals surface area contributed by atoms with Crippen molar-refractivity contribution in [3.05, 3.63) is 35.9 Å². The summed E-state index contributed by atoms with van der Waals surface area (Å²) in [5.74, 6) is 0.937. The van der Waals surface area contributed by atoms with Crippen LogP contribution in [0.4, 0.5) is 0 Å². The molecular formula is C13H16O. The first-order valence-corrected chi connectivity index (χ1v) is 5.16. The van der Waals surface area contributed by atoms with E-state index in [0.717, 1.165) is 12.2 Å². The third-order valence-electron chi connectivity index (χ3n) is 2.87. The van der Waals surface area contributed by atoms with Crippen LogP contribution in [0.25, 0.3) is 5.57 Å². The molecule has 0 heterocycles. The van der Waals surface area contributed by atoms with E-state index in [9.17, 15) is 0 Å². The molecular weight excluding hydrogens is 172 g/mol. The highest BCUT2D eigenvalue weighted by molar-refractivity contribution is 5.68. The normalized spacial score (nSPS) is 15.9. The Balaban J connectivity index is 2.44. The van der Waals surface area contributed by atoms with Gasteiger partial charge in [0.2, 0.25) is 0 Å². The molecule has 0 atom stereocenters. The predicted octanol–water partition coefficient (Wildman–Crippen LogP) is 3.43. The van der Waals surface area contributed by atoms with E-state index in [1.165, 1.54) is 36.0 Å². The lowest BCUT2D eigenvalue weighted by Gasteiger charge is -2.09. The largest absolute Gasteiger partial charge is 0.497 e. The van der Waals surface area contributed by atoms with E-state index in [-0.39, 0.29) is 0 Å². The molecule has 14 heavy (non-hydrogen) atoms. The van der Waals surface area contributed by atoms with Crippen LogP contribution in [0.1, 0.15) is 30.4 Å². The third-order valence-corrected chi connectivity index (χ3v) is 2.87. The van der Waals surface area contributed by atoms with E-state index in [1.807, 2.05) is 6.07 Å². The molecule has 0 spiro atoms. The number of aryl methyl sites for hydroxylation is 1. The molecule has 0 aliphatic heterocycles. The Bertz CT molecular complexity index is 352. The van der Waals surface area contributed by atoms with Crippen molar-refractivity contribution >= 4 is 5.57 Å². The maximum atomic E-state index is 5.23. The number of methoxy groups -OCH3 is 1. The van der Waals surface area contributed by atoms with E-state index >= 15 is 0 Å². The van der Waals surface area contributed by atoms with Crippen molar-refractivity contribution in [2.75, 3.05) is 7.11 Å². The maximum Gasteiger partial charge on any atom is 0.119 e. The van der Waals surface area contributed by atoms with Gasteiger partial charge < -0.3 is 4.74 Å². The fraction of sp³-hybridized carbons (Fsp3) is 0.385. The summed E-state index contributed by atoms with van der Waals surface area (Å²) >= 11 is 0. The van der Waals surface area contributed by atoms with Crippen molar-refractivity contribution in [2.24, 2.45) is 0 Å². The van der Waals surface area contributed by atoms with Gasteiger partial charge in [0.25, 0.3) is 0 Å². The van der Waals surface area contributed by atoms with Crippen LogP contribution in [0.15, 0.2) is 24.8 Å². The second kappa shape index (κ2) is 3.87. The van der Waals surface area contributed by atoms with Crippen molar-refractivity contribution in [2.45, 2.75) is 25.7 Å². The second-order valence-corrected chi connectivity index (χ2v) is 3.83.